The third kappa shape index (κ3) is 5.36. The van der Waals surface area contributed by atoms with Crippen LogP contribution in [0, 0.1) is 12.7 Å². The van der Waals surface area contributed by atoms with Gasteiger partial charge in [0.15, 0.2) is 5.82 Å². The molecule has 0 saturated heterocycles. The zero-order valence-electron chi connectivity index (χ0n) is 20.9. The Bertz CT molecular complexity index is 1290. The Hall–Kier alpha value is -3.69. The highest BCUT2D eigenvalue weighted by Crippen LogP contribution is 2.31. The van der Waals surface area contributed by atoms with Gasteiger partial charge in [0.2, 0.25) is 5.91 Å². The summed E-state index contributed by atoms with van der Waals surface area (Å²) in [5.41, 5.74) is 0.653. The van der Waals surface area contributed by atoms with Crippen molar-refractivity contribution in [2.45, 2.75) is 66.2 Å². The van der Waals surface area contributed by atoms with Gasteiger partial charge < -0.3 is 15.0 Å². The molecule has 2 N–H and O–H groups in total. The SMILES string of the molecule is Cc1cc2cc(Nc3cc4n(n3)CC(=O)N(C(C)C)CC4)ncc2c(NC(=O)OC(C)(C)C)c1F. The van der Waals surface area contributed by atoms with Crippen LogP contribution in [0.15, 0.2) is 24.4 Å². The molecule has 186 valence electrons. The number of pyridine rings is 1. The molecule has 0 radical (unpaired) electrons. The lowest BCUT2D eigenvalue weighted by atomic mass is 10.1. The average molecular weight is 483 g/mol. The first-order chi connectivity index (χ1) is 16.4. The molecule has 3 aromatic rings. The maximum absolute atomic E-state index is 14.9. The van der Waals surface area contributed by atoms with Crippen LogP contribution in [0.2, 0.25) is 0 Å². The van der Waals surface area contributed by atoms with E-state index in [0.29, 0.717) is 40.9 Å². The van der Waals surface area contributed by atoms with Gasteiger partial charge in [-0.2, -0.15) is 5.10 Å². The summed E-state index contributed by atoms with van der Waals surface area (Å²) < 4.78 is 21.9. The van der Waals surface area contributed by atoms with E-state index in [4.69, 9.17) is 4.74 Å². The van der Waals surface area contributed by atoms with Crippen molar-refractivity contribution in [3.63, 3.8) is 0 Å². The van der Waals surface area contributed by atoms with Crippen LogP contribution in [0.5, 0.6) is 0 Å². The van der Waals surface area contributed by atoms with Crippen LogP contribution in [-0.4, -0.2) is 49.9 Å². The number of carbonyl (C=O) groups excluding carboxylic acids is 2. The highest BCUT2D eigenvalue weighted by molar-refractivity contribution is 6.01. The minimum atomic E-state index is -0.740. The molecule has 2 amide bonds. The monoisotopic (exact) mass is 482 g/mol. The van der Waals surface area contributed by atoms with Crippen molar-refractivity contribution in [3.8, 4) is 0 Å². The van der Waals surface area contributed by atoms with Crippen LogP contribution in [-0.2, 0) is 22.5 Å². The highest BCUT2D eigenvalue weighted by atomic mass is 19.1. The molecule has 0 spiro atoms. The Morgan fingerprint density at radius 1 is 1.20 bits per heavy atom. The number of aromatic nitrogens is 3. The Balaban J connectivity index is 1.58. The zero-order chi connectivity index (χ0) is 25.5. The Kier molecular flexibility index (Phi) is 6.40. The van der Waals surface area contributed by atoms with Crippen molar-refractivity contribution in [1.29, 1.82) is 0 Å². The van der Waals surface area contributed by atoms with E-state index in [1.54, 1.807) is 44.5 Å². The van der Waals surface area contributed by atoms with Gasteiger partial charge in [0, 0.05) is 42.4 Å². The predicted molar refractivity (Wildman–Crippen MR) is 132 cm³/mol. The van der Waals surface area contributed by atoms with Crippen molar-refractivity contribution >= 4 is 40.1 Å². The summed E-state index contributed by atoms with van der Waals surface area (Å²) in [6.45, 7) is 11.7. The maximum atomic E-state index is 14.9. The lowest BCUT2D eigenvalue weighted by Gasteiger charge is -2.24. The summed E-state index contributed by atoms with van der Waals surface area (Å²) in [6.07, 6.45) is 1.47. The molecule has 10 heteroatoms. The van der Waals surface area contributed by atoms with Gasteiger partial charge in [-0.3, -0.25) is 14.8 Å². The molecule has 0 unspecified atom stereocenters. The first-order valence-electron chi connectivity index (χ1n) is 11.6. The van der Waals surface area contributed by atoms with Crippen molar-refractivity contribution in [2.75, 3.05) is 17.2 Å². The predicted octanol–water partition coefficient (Wildman–Crippen LogP) is 4.76. The second-order valence-electron chi connectivity index (χ2n) is 10.0. The fraction of sp³-hybridized carbons (Fsp3) is 0.440. The first kappa shape index (κ1) is 24.4. The van der Waals surface area contributed by atoms with Crippen LogP contribution >= 0.6 is 0 Å². The molecule has 1 aromatic carbocycles. The number of hydrogen-bond acceptors (Lipinski definition) is 6. The largest absolute Gasteiger partial charge is 0.444 e. The lowest BCUT2D eigenvalue weighted by molar-refractivity contribution is -0.133. The number of fused-ring (bicyclic) bond motifs is 2. The van der Waals surface area contributed by atoms with E-state index >= 15 is 0 Å². The number of amides is 2. The van der Waals surface area contributed by atoms with Gasteiger partial charge in [0.1, 0.15) is 23.8 Å². The van der Waals surface area contributed by atoms with E-state index in [1.807, 2.05) is 24.8 Å². The van der Waals surface area contributed by atoms with Crippen LogP contribution in [0.4, 0.5) is 26.5 Å². The number of carbonyl (C=O) groups is 2. The standard InChI is InChI=1S/C25H31FN6O3/c1-14(2)31-8-7-17-11-20(30-32(17)13-21(31)33)28-19-10-16-9-15(3)22(26)23(18(16)12-27-19)29-24(34)35-25(4,5)6/h9-12,14H,7-8,13H2,1-6H3,(H,29,34)(H,27,28,30). The molecule has 0 saturated carbocycles. The Morgan fingerprint density at radius 3 is 2.63 bits per heavy atom. The molecule has 0 atom stereocenters. The molecule has 1 aliphatic rings. The third-order valence-electron chi connectivity index (χ3n) is 5.73. The fourth-order valence-electron chi connectivity index (χ4n) is 4.12. The minimum Gasteiger partial charge on any atom is -0.444 e. The molecule has 1 aliphatic heterocycles. The fourth-order valence-corrected chi connectivity index (χ4v) is 4.12. The average Bonchev–Trinajstić information content (AvgIpc) is 3.03. The van der Waals surface area contributed by atoms with Gasteiger partial charge in [0.05, 0.1) is 5.69 Å². The lowest BCUT2D eigenvalue weighted by Crippen LogP contribution is -2.38. The van der Waals surface area contributed by atoms with Gasteiger partial charge in [0.25, 0.3) is 0 Å². The number of ether oxygens (including phenoxy) is 1. The normalized spacial score (nSPS) is 14.2. The van der Waals surface area contributed by atoms with Crippen LogP contribution < -0.4 is 10.6 Å². The maximum Gasteiger partial charge on any atom is 0.412 e. The number of halogens is 1. The molecule has 2 aromatic heterocycles. The quantitative estimate of drug-likeness (QED) is 0.556. The van der Waals surface area contributed by atoms with Crippen molar-refractivity contribution in [3.05, 3.63) is 41.5 Å². The second kappa shape index (κ2) is 9.16. The van der Waals surface area contributed by atoms with Gasteiger partial charge in [-0.25, -0.2) is 14.2 Å². The van der Waals surface area contributed by atoms with E-state index in [2.05, 4.69) is 20.7 Å². The molecule has 3 heterocycles. The summed E-state index contributed by atoms with van der Waals surface area (Å²) in [5, 5.41) is 11.4. The summed E-state index contributed by atoms with van der Waals surface area (Å²) >= 11 is 0. The van der Waals surface area contributed by atoms with Crippen molar-refractivity contribution in [1.82, 2.24) is 19.7 Å². The Labute approximate surface area is 203 Å². The number of nitrogens with one attached hydrogen (secondary N) is 2. The second-order valence-corrected chi connectivity index (χ2v) is 10.0. The van der Waals surface area contributed by atoms with Crippen LogP contribution in [0.25, 0.3) is 10.8 Å². The van der Waals surface area contributed by atoms with Gasteiger partial charge >= 0.3 is 6.09 Å². The molecule has 4 rings (SSSR count). The van der Waals surface area contributed by atoms with Crippen LogP contribution in [0.3, 0.4) is 0 Å². The number of aryl methyl sites for hydroxylation is 1. The number of anilines is 3. The summed E-state index contributed by atoms with van der Waals surface area (Å²) in [6, 6.07) is 5.51. The number of benzene rings is 1. The van der Waals surface area contributed by atoms with Crippen LogP contribution in [0.1, 0.15) is 45.9 Å². The molecule has 35 heavy (non-hydrogen) atoms. The molecular formula is C25H31FN6O3. The molecular weight excluding hydrogens is 451 g/mol. The van der Waals surface area contributed by atoms with Crippen molar-refractivity contribution in [2.24, 2.45) is 0 Å². The topological polar surface area (TPSA) is 101 Å². The first-order valence-corrected chi connectivity index (χ1v) is 11.6. The number of nitrogens with zero attached hydrogens (tertiary/aromatic N) is 4. The molecule has 9 nitrogen and oxygen atoms in total. The molecule has 0 bridgehead atoms. The number of rotatable bonds is 4. The third-order valence-corrected chi connectivity index (χ3v) is 5.73. The van der Waals surface area contributed by atoms with E-state index < -0.39 is 17.5 Å². The van der Waals surface area contributed by atoms with Gasteiger partial charge in [-0.15, -0.1) is 0 Å². The molecule has 0 aliphatic carbocycles. The number of hydrogen-bond donors (Lipinski definition) is 2. The van der Waals surface area contributed by atoms with Gasteiger partial charge in [-0.1, -0.05) is 0 Å². The summed E-state index contributed by atoms with van der Waals surface area (Å²) in [7, 11) is 0. The summed E-state index contributed by atoms with van der Waals surface area (Å²) in [5.74, 6) is 0.585. The Morgan fingerprint density at radius 2 is 1.94 bits per heavy atom. The van der Waals surface area contributed by atoms with Gasteiger partial charge in [-0.05, 0) is 64.6 Å². The van der Waals surface area contributed by atoms with E-state index in [0.717, 1.165) is 5.69 Å². The minimum absolute atomic E-state index is 0.0234. The molecule has 0 fully saturated rings. The highest BCUT2D eigenvalue weighted by Gasteiger charge is 2.24. The zero-order valence-corrected chi connectivity index (χ0v) is 20.9. The van der Waals surface area contributed by atoms with E-state index in [1.165, 1.54) is 6.20 Å². The smallest absolute Gasteiger partial charge is 0.412 e. The van der Waals surface area contributed by atoms with E-state index in [-0.39, 0.29) is 24.2 Å². The van der Waals surface area contributed by atoms with Crippen molar-refractivity contribution < 1.29 is 18.7 Å². The van der Waals surface area contributed by atoms with E-state index in [9.17, 15) is 14.0 Å². The summed E-state index contributed by atoms with van der Waals surface area (Å²) in [4.78, 5) is 31.1.